The van der Waals surface area contributed by atoms with Gasteiger partial charge in [0.25, 0.3) is 0 Å². The maximum atomic E-state index is 6.93. The van der Waals surface area contributed by atoms with E-state index in [1.807, 2.05) is 48.5 Å². The Morgan fingerprint density at radius 2 is 0.911 bits per heavy atom. The summed E-state index contributed by atoms with van der Waals surface area (Å²) in [4.78, 5) is 15.3. The molecule has 0 aliphatic rings. The van der Waals surface area contributed by atoms with E-state index in [1.54, 1.807) is 0 Å². The monoisotopic (exact) mass is 716 g/mol. The minimum Gasteiger partial charge on any atom is -0.454 e. The average molecular weight is 717 g/mol. The first kappa shape index (κ1) is 31.9. The summed E-state index contributed by atoms with van der Waals surface area (Å²) in [7, 11) is 0. The van der Waals surface area contributed by atoms with E-state index in [2.05, 4.69) is 150 Å². The Morgan fingerprint density at radius 1 is 0.375 bits per heavy atom. The van der Waals surface area contributed by atoms with Crippen molar-refractivity contribution in [3.63, 3.8) is 0 Å². The fourth-order valence-electron chi connectivity index (χ4n) is 8.03. The van der Waals surface area contributed by atoms with Crippen LogP contribution in [0.15, 0.2) is 199 Å². The summed E-state index contributed by atoms with van der Waals surface area (Å²) >= 11 is 0. The van der Waals surface area contributed by atoms with Gasteiger partial charge in [0.2, 0.25) is 0 Å². The van der Waals surface area contributed by atoms with Gasteiger partial charge in [0.1, 0.15) is 5.58 Å². The Morgan fingerprint density at radius 3 is 1.64 bits per heavy atom. The molecule has 0 radical (unpaired) electrons. The second-order valence-corrected chi connectivity index (χ2v) is 14.0. The molecule has 3 heterocycles. The van der Waals surface area contributed by atoms with Crippen LogP contribution in [0, 0.1) is 0 Å². The first-order chi connectivity index (χ1) is 27.8. The van der Waals surface area contributed by atoms with Gasteiger partial charge >= 0.3 is 0 Å². The van der Waals surface area contributed by atoms with Crippen molar-refractivity contribution < 1.29 is 4.42 Å². The van der Waals surface area contributed by atoms with Crippen molar-refractivity contribution in [3.8, 4) is 62.1 Å². The van der Waals surface area contributed by atoms with Crippen molar-refractivity contribution in [1.29, 1.82) is 0 Å². The van der Waals surface area contributed by atoms with E-state index in [0.29, 0.717) is 17.5 Å². The van der Waals surface area contributed by atoms with Crippen LogP contribution in [0.2, 0.25) is 0 Å². The van der Waals surface area contributed by atoms with E-state index in [4.69, 9.17) is 19.4 Å². The minimum atomic E-state index is 0.588. The van der Waals surface area contributed by atoms with Crippen molar-refractivity contribution in [2.75, 3.05) is 0 Å². The summed E-state index contributed by atoms with van der Waals surface area (Å²) in [6.45, 7) is 0. The highest BCUT2D eigenvalue weighted by Crippen LogP contribution is 2.43. The fraction of sp³-hybridized carbons (Fsp3) is 0. The summed E-state index contributed by atoms with van der Waals surface area (Å²) in [6, 6.07) is 67.3. The molecule has 11 rings (SSSR count). The quantitative estimate of drug-likeness (QED) is 0.172. The number of para-hydroxylation sites is 1. The van der Waals surface area contributed by atoms with Crippen LogP contribution in [-0.4, -0.2) is 19.5 Å². The highest BCUT2D eigenvalue weighted by atomic mass is 16.3. The van der Waals surface area contributed by atoms with E-state index in [-0.39, 0.29) is 0 Å². The Kier molecular flexibility index (Phi) is 7.42. The van der Waals surface area contributed by atoms with Crippen LogP contribution in [0.1, 0.15) is 0 Å². The molecule has 0 fully saturated rings. The van der Waals surface area contributed by atoms with Crippen molar-refractivity contribution in [1.82, 2.24) is 19.5 Å². The van der Waals surface area contributed by atoms with Gasteiger partial charge in [-0.3, -0.25) is 0 Å². The van der Waals surface area contributed by atoms with Crippen LogP contribution < -0.4 is 0 Å². The third kappa shape index (κ3) is 5.29. The van der Waals surface area contributed by atoms with Crippen LogP contribution in [0.25, 0.3) is 106 Å². The molecule has 56 heavy (non-hydrogen) atoms. The number of hydrogen-bond acceptors (Lipinski definition) is 4. The zero-order chi connectivity index (χ0) is 37.0. The van der Waals surface area contributed by atoms with Crippen LogP contribution in [0.3, 0.4) is 0 Å². The van der Waals surface area contributed by atoms with Crippen molar-refractivity contribution in [2.45, 2.75) is 0 Å². The van der Waals surface area contributed by atoms with Crippen LogP contribution in [0.5, 0.6) is 0 Å². The smallest absolute Gasteiger partial charge is 0.164 e. The Labute approximate surface area is 322 Å². The Balaban J connectivity index is 1.13. The molecule has 0 aliphatic heterocycles. The lowest BCUT2D eigenvalue weighted by Gasteiger charge is -2.11. The van der Waals surface area contributed by atoms with Crippen LogP contribution in [-0.2, 0) is 0 Å². The molecule has 3 aromatic heterocycles. The van der Waals surface area contributed by atoms with Crippen molar-refractivity contribution >= 4 is 43.7 Å². The molecule has 0 unspecified atom stereocenters. The number of hydrogen-bond donors (Lipinski definition) is 0. The molecule has 0 bridgehead atoms. The highest BCUT2D eigenvalue weighted by molar-refractivity contribution is 6.23. The van der Waals surface area contributed by atoms with Gasteiger partial charge in [-0.05, 0) is 52.6 Å². The summed E-state index contributed by atoms with van der Waals surface area (Å²) in [6.07, 6.45) is 0. The number of aromatic nitrogens is 4. The molecule has 11 aromatic rings. The number of nitrogens with zero attached hydrogens (tertiary/aromatic N) is 4. The molecule has 8 aromatic carbocycles. The van der Waals surface area contributed by atoms with E-state index in [9.17, 15) is 0 Å². The minimum absolute atomic E-state index is 0.588. The first-order valence-corrected chi connectivity index (χ1v) is 18.8. The third-order valence-electron chi connectivity index (χ3n) is 10.7. The lowest BCUT2D eigenvalue weighted by atomic mass is 10.0. The third-order valence-corrected chi connectivity index (χ3v) is 10.7. The summed E-state index contributed by atoms with van der Waals surface area (Å²) in [5.74, 6) is 1.81. The van der Waals surface area contributed by atoms with Gasteiger partial charge in [-0.2, -0.15) is 0 Å². The molecular formula is C51H32N4O. The molecule has 5 heteroatoms. The highest BCUT2D eigenvalue weighted by Gasteiger charge is 2.22. The fourth-order valence-corrected chi connectivity index (χ4v) is 8.03. The predicted molar refractivity (Wildman–Crippen MR) is 229 cm³/mol. The lowest BCUT2D eigenvalue weighted by Crippen LogP contribution is -2.00. The average Bonchev–Trinajstić information content (AvgIpc) is 3.84. The maximum Gasteiger partial charge on any atom is 0.164 e. The van der Waals surface area contributed by atoms with Gasteiger partial charge < -0.3 is 8.98 Å². The molecule has 0 N–H and O–H groups in total. The van der Waals surface area contributed by atoms with E-state index >= 15 is 0 Å². The zero-order valence-electron chi connectivity index (χ0n) is 30.2. The van der Waals surface area contributed by atoms with Gasteiger partial charge in [0.15, 0.2) is 23.1 Å². The number of rotatable bonds is 6. The van der Waals surface area contributed by atoms with Gasteiger partial charge in [-0.1, -0.05) is 164 Å². The summed E-state index contributed by atoms with van der Waals surface area (Å²) in [5, 5.41) is 4.27. The van der Waals surface area contributed by atoms with E-state index in [1.165, 1.54) is 10.9 Å². The number of fused-ring (bicyclic) bond motifs is 7. The van der Waals surface area contributed by atoms with Crippen LogP contribution >= 0.6 is 0 Å². The topological polar surface area (TPSA) is 56.7 Å². The number of furan rings is 1. The Hall–Kier alpha value is -7.63. The largest absolute Gasteiger partial charge is 0.454 e. The molecule has 262 valence electrons. The Bertz CT molecular complexity index is 3220. The van der Waals surface area contributed by atoms with E-state index in [0.717, 1.165) is 77.4 Å². The molecule has 0 saturated heterocycles. The van der Waals surface area contributed by atoms with Gasteiger partial charge in [-0.25, -0.2) is 15.0 Å². The summed E-state index contributed by atoms with van der Waals surface area (Å²) < 4.78 is 9.27. The lowest BCUT2D eigenvalue weighted by molar-refractivity contribution is 0.671. The predicted octanol–water partition coefficient (Wildman–Crippen LogP) is 13.2. The standard InChI is InChI=1S/C51H32N4O/c1-4-14-33(15-5-1)35-26-28-37(29-27-35)50-52-49(36-18-8-3-9-19-36)53-51(54-50)43-23-13-25-45-46(43)42-31-30-41-40-22-10-11-24-44(40)55(47(41)48(42)56-45)39-21-12-20-38(32-39)34-16-6-2-7-17-34/h1-32H. The molecule has 0 atom stereocenters. The number of benzene rings is 8. The van der Waals surface area contributed by atoms with E-state index < -0.39 is 0 Å². The molecule has 0 saturated carbocycles. The van der Waals surface area contributed by atoms with Crippen molar-refractivity contribution in [3.05, 3.63) is 194 Å². The second kappa shape index (κ2) is 13.0. The molecule has 0 aliphatic carbocycles. The molecule has 0 amide bonds. The molecule has 5 nitrogen and oxygen atoms in total. The van der Waals surface area contributed by atoms with Crippen molar-refractivity contribution in [2.24, 2.45) is 0 Å². The van der Waals surface area contributed by atoms with Crippen LogP contribution in [0.4, 0.5) is 0 Å². The van der Waals surface area contributed by atoms with Gasteiger partial charge in [-0.15, -0.1) is 0 Å². The molecule has 0 spiro atoms. The van der Waals surface area contributed by atoms with Gasteiger partial charge in [0, 0.05) is 43.9 Å². The normalized spacial score (nSPS) is 11.6. The maximum absolute atomic E-state index is 6.93. The molecular weight excluding hydrogens is 685 g/mol. The summed E-state index contributed by atoms with van der Waals surface area (Å²) in [5.41, 5.74) is 12.2. The zero-order valence-corrected chi connectivity index (χ0v) is 30.2. The SMILES string of the molecule is c1ccc(-c2ccc(-c3nc(-c4ccccc4)nc(-c4cccc5oc6c(ccc7c8ccccc8n(-c8cccc(-c9ccccc9)c8)c76)c45)n3)cc2)cc1. The first-order valence-electron chi connectivity index (χ1n) is 18.8. The second-order valence-electron chi connectivity index (χ2n) is 14.0. The van der Waals surface area contributed by atoms with Gasteiger partial charge in [0.05, 0.1) is 11.0 Å².